The molecule has 0 radical (unpaired) electrons. The predicted octanol–water partition coefficient (Wildman–Crippen LogP) is 2.20. The van der Waals surface area contributed by atoms with E-state index in [2.05, 4.69) is 0 Å². The Kier molecular flexibility index (Phi) is 5.43. The Morgan fingerprint density at radius 3 is 2.55 bits per heavy atom. The van der Waals surface area contributed by atoms with Crippen molar-refractivity contribution in [1.29, 1.82) is 5.26 Å². The zero-order valence-electron chi connectivity index (χ0n) is 11.8. The Bertz CT molecular complexity index is 630. The molecule has 0 aliphatic carbocycles. The van der Waals surface area contributed by atoms with E-state index in [0.29, 0.717) is 5.56 Å². The van der Waals surface area contributed by atoms with Gasteiger partial charge in [-0.05, 0) is 32.9 Å². The van der Waals surface area contributed by atoms with Crippen molar-refractivity contribution in [3.05, 3.63) is 29.8 Å². The van der Waals surface area contributed by atoms with E-state index in [1.54, 1.807) is 26.0 Å². The number of carbonyl (C=O) groups is 1. The van der Waals surface area contributed by atoms with Crippen LogP contribution in [0.3, 0.4) is 0 Å². The van der Waals surface area contributed by atoms with Crippen molar-refractivity contribution < 1.29 is 13.2 Å². The number of nitrogens with zero attached hydrogens (tertiary/aromatic N) is 2. The van der Waals surface area contributed by atoms with Crippen LogP contribution in [-0.4, -0.2) is 31.1 Å². The van der Waals surface area contributed by atoms with Gasteiger partial charge in [-0.1, -0.05) is 12.1 Å². The number of nitriles is 1. The van der Waals surface area contributed by atoms with Crippen molar-refractivity contribution in [2.45, 2.75) is 38.1 Å². The maximum absolute atomic E-state index is 12.6. The molecule has 1 aromatic rings. The molecule has 108 valence electrons. The van der Waals surface area contributed by atoms with Crippen molar-refractivity contribution in [3.63, 3.8) is 0 Å². The number of hydrogen-bond acceptors (Lipinski definition) is 4. The fourth-order valence-electron chi connectivity index (χ4n) is 1.83. The molecule has 0 N–H and O–H groups in total. The largest absolute Gasteiger partial charge is 0.295 e. The van der Waals surface area contributed by atoms with Gasteiger partial charge in [0, 0.05) is 24.6 Å². The van der Waals surface area contributed by atoms with Crippen LogP contribution in [0.2, 0.25) is 0 Å². The van der Waals surface area contributed by atoms with Crippen LogP contribution in [-0.2, 0) is 10.0 Å². The standard InChI is InChI=1S/C14H18N2O3S/c1-11(2)16(9-5-8-15)20(18,19)14-7-4-6-13(10-14)12(3)17/h4,6-7,10-11H,5,9H2,1-3H3. The highest BCUT2D eigenvalue weighted by molar-refractivity contribution is 7.89. The normalized spacial score (nSPS) is 11.6. The van der Waals surface area contributed by atoms with Crippen LogP contribution in [0.15, 0.2) is 29.2 Å². The molecular weight excluding hydrogens is 276 g/mol. The third-order valence-corrected chi connectivity index (χ3v) is 4.94. The van der Waals surface area contributed by atoms with Gasteiger partial charge in [0.25, 0.3) is 0 Å². The van der Waals surface area contributed by atoms with E-state index in [-0.39, 0.29) is 29.7 Å². The molecule has 0 saturated heterocycles. The molecule has 0 fully saturated rings. The van der Waals surface area contributed by atoms with E-state index in [9.17, 15) is 13.2 Å². The van der Waals surface area contributed by atoms with Gasteiger partial charge in [0.15, 0.2) is 5.78 Å². The van der Waals surface area contributed by atoms with Crippen LogP contribution in [0.4, 0.5) is 0 Å². The monoisotopic (exact) mass is 294 g/mol. The minimum Gasteiger partial charge on any atom is -0.295 e. The molecule has 0 saturated carbocycles. The summed E-state index contributed by atoms with van der Waals surface area (Å²) in [5, 5.41) is 8.63. The van der Waals surface area contributed by atoms with Crippen LogP contribution < -0.4 is 0 Å². The van der Waals surface area contributed by atoms with Crippen molar-refractivity contribution in [1.82, 2.24) is 4.31 Å². The first-order chi connectivity index (χ1) is 9.30. The third-order valence-electron chi connectivity index (χ3n) is 2.87. The van der Waals surface area contributed by atoms with Crippen molar-refractivity contribution in [2.24, 2.45) is 0 Å². The fraction of sp³-hybridized carbons (Fsp3) is 0.429. The summed E-state index contributed by atoms with van der Waals surface area (Å²) < 4.78 is 26.4. The summed E-state index contributed by atoms with van der Waals surface area (Å²) in [6.07, 6.45) is 0.129. The highest BCUT2D eigenvalue weighted by atomic mass is 32.2. The summed E-state index contributed by atoms with van der Waals surface area (Å²) in [6, 6.07) is 7.65. The second-order valence-corrected chi connectivity index (χ2v) is 6.59. The van der Waals surface area contributed by atoms with Gasteiger partial charge in [-0.15, -0.1) is 0 Å². The van der Waals surface area contributed by atoms with Crippen molar-refractivity contribution >= 4 is 15.8 Å². The first-order valence-corrected chi connectivity index (χ1v) is 7.74. The first kappa shape index (κ1) is 16.3. The van der Waals surface area contributed by atoms with Gasteiger partial charge >= 0.3 is 0 Å². The highest BCUT2D eigenvalue weighted by Crippen LogP contribution is 2.20. The molecule has 1 rings (SSSR count). The zero-order valence-corrected chi connectivity index (χ0v) is 12.6. The third kappa shape index (κ3) is 3.65. The zero-order chi connectivity index (χ0) is 15.3. The van der Waals surface area contributed by atoms with Crippen molar-refractivity contribution in [2.75, 3.05) is 6.54 Å². The number of ketones is 1. The van der Waals surface area contributed by atoms with Gasteiger partial charge in [0.05, 0.1) is 11.0 Å². The quantitative estimate of drug-likeness (QED) is 0.753. The number of benzene rings is 1. The molecule has 0 atom stereocenters. The molecule has 0 aromatic heterocycles. The second-order valence-electron chi connectivity index (χ2n) is 4.70. The lowest BCUT2D eigenvalue weighted by molar-refractivity contribution is 0.101. The van der Waals surface area contributed by atoms with E-state index in [1.807, 2.05) is 6.07 Å². The lowest BCUT2D eigenvalue weighted by Crippen LogP contribution is -2.37. The molecule has 0 heterocycles. The van der Waals surface area contributed by atoms with E-state index in [0.717, 1.165) is 0 Å². The molecule has 0 aliphatic heterocycles. The number of hydrogen-bond donors (Lipinski definition) is 0. The van der Waals surface area contributed by atoms with Crippen LogP contribution in [0.25, 0.3) is 0 Å². The molecule has 1 aromatic carbocycles. The van der Waals surface area contributed by atoms with E-state index >= 15 is 0 Å². The SMILES string of the molecule is CC(=O)c1cccc(S(=O)(=O)N(CCC#N)C(C)C)c1. The average Bonchev–Trinajstić information content (AvgIpc) is 2.38. The van der Waals surface area contributed by atoms with E-state index in [1.165, 1.54) is 23.4 Å². The van der Waals surface area contributed by atoms with Gasteiger partial charge in [-0.2, -0.15) is 9.57 Å². The predicted molar refractivity (Wildman–Crippen MR) is 75.7 cm³/mol. The molecule has 0 unspecified atom stereocenters. The van der Waals surface area contributed by atoms with Crippen LogP contribution in [0.1, 0.15) is 37.6 Å². The molecule has 0 amide bonds. The fourth-order valence-corrected chi connectivity index (χ4v) is 3.51. The van der Waals surface area contributed by atoms with Gasteiger partial charge in [-0.25, -0.2) is 8.42 Å². The summed E-state index contributed by atoms with van der Waals surface area (Å²) >= 11 is 0. The van der Waals surface area contributed by atoms with Crippen LogP contribution in [0.5, 0.6) is 0 Å². The average molecular weight is 294 g/mol. The number of Topliss-reactive ketones (excluding diaryl/α,β-unsaturated/α-hetero) is 1. The molecule has 20 heavy (non-hydrogen) atoms. The maximum atomic E-state index is 12.6. The first-order valence-electron chi connectivity index (χ1n) is 6.30. The van der Waals surface area contributed by atoms with Gasteiger partial charge < -0.3 is 0 Å². The number of sulfonamides is 1. The van der Waals surface area contributed by atoms with Crippen molar-refractivity contribution in [3.8, 4) is 6.07 Å². The number of rotatable bonds is 6. The van der Waals surface area contributed by atoms with Crippen LogP contribution in [0, 0.1) is 11.3 Å². The lowest BCUT2D eigenvalue weighted by atomic mass is 10.2. The molecule has 5 nitrogen and oxygen atoms in total. The van der Waals surface area contributed by atoms with Gasteiger partial charge in [0.1, 0.15) is 0 Å². The second kappa shape index (κ2) is 6.64. The Labute approximate surface area is 119 Å². The Morgan fingerprint density at radius 1 is 1.40 bits per heavy atom. The highest BCUT2D eigenvalue weighted by Gasteiger charge is 2.26. The topological polar surface area (TPSA) is 78.2 Å². The minimum absolute atomic E-state index is 0.0804. The smallest absolute Gasteiger partial charge is 0.243 e. The maximum Gasteiger partial charge on any atom is 0.243 e. The Balaban J connectivity index is 3.23. The summed E-state index contributed by atoms with van der Waals surface area (Å²) in [7, 11) is -3.70. The molecular formula is C14H18N2O3S. The molecule has 0 spiro atoms. The van der Waals surface area contributed by atoms with E-state index < -0.39 is 10.0 Å². The molecule has 0 aliphatic rings. The Morgan fingerprint density at radius 2 is 2.05 bits per heavy atom. The summed E-state index contributed by atoms with van der Waals surface area (Å²) in [5.41, 5.74) is 0.357. The summed E-state index contributed by atoms with van der Waals surface area (Å²) in [4.78, 5) is 11.4. The summed E-state index contributed by atoms with van der Waals surface area (Å²) in [6.45, 7) is 5.04. The number of carbonyl (C=O) groups excluding carboxylic acids is 1. The Hall–Kier alpha value is -1.71. The van der Waals surface area contributed by atoms with E-state index in [4.69, 9.17) is 5.26 Å². The van der Waals surface area contributed by atoms with Gasteiger partial charge in [0.2, 0.25) is 10.0 Å². The summed E-state index contributed by atoms with van der Waals surface area (Å²) in [5.74, 6) is -0.185. The molecule has 6 heteroatoms. The molecule has 0 bridgehead atoms. The lowest BCUT2D eigenvalue weighted by Gasteiger charge is -2.25. The minimum atomic E-state index is -3.70. The van der Waals surface area contributed by atoms with Gasteiger partial charge in [-0.3, -0.25) is 4.79 Å². The van der Waals surface area contributed by atoms with Crippen LogP contribution >= 0.6 is 0 Å².